The first-order valence-corrected chi connectivity index (χ1v) is 15.7. The zero-order valence-electron chi connectivity index (χ0n) is 23.2. The number of fused-ring (bicyclic) bond motifs is 1. The van der Waals surface area contributed by atoms with E-state index in [1.165, 1.54) is 32.7 Å². The lowest BCUT2D eigenvalue weighted by atomic mass is 10.1. The number of anilines is 1. The topological polar surface area (TPSA) is 100 Å². The number of hydrogen-bond acceptors (Lipinski definition) is 7. The van der Waals surface area contributed by atoms with Crippen LogP contribution in [0.25, 0.3) is 10.2 Å². The lowest BCUT2D eigenvalue weighted by Gasteiger charge is -2.33. The molecule has 0 unspecified atom stereocenters. The monoisotopic (exact) mass is 592 g/mol. The normalized spacial score (nSPS) is 14.3. The van der Waals surface area contributed by atoms with Gasteiger partial charge in [-0.25, -0.2) is 18.2 Å². The standard InChI is InChI=1S/C30H32N4O5S2/c1-4-39-30(36)32-14-16-33(17-15-32)41(37,38)25-12-10-24(11-13-25)28(35)34(20-23-8-6-5-7-9-23)29-31-26-19-21(2)18-22(3)27(26)40-29/h5-13,18-19H,4,14-17,20H2,1-3H3. The van der Waals surface area contributed by atoms with Crippen LogP contribution in [0.15, 0.2) is 71.6 Å². The summed E-state index contributed by atoms with van der Waals surface area (Å²) in [5.41, 5.74) is 4.37. The minimum atomic E-state index is -3.79. The van der Waals surface area contributed by atoms with Crippen molar-refractivity contribution in [2.75, 3.05) is 37.7 Å². The molecule has 4 aromatic rings. The molecule has 9 nitrogen and oxygen atoms in total. The van der Waals surface area contributed by atoms with Crippen molar-refractivity contribution in [3.8, 4) is 0 Å². The molecule has 0 N–H and O–H groups in total. The van der Waals surface area contributed by atoms with E-state index < -0.39 is 16.1 Å². The number of rotatable bonds is 7. The molecule has 0 radical (unpaired) electrons. The number of sulfonamides is 1. The average Bonchev–Trinajstić information content (AvgIpc) is 3.40. The van der Waals surface area contributed by atoms with Crippen molar-refractivity contribution in [3.05, 3.63) is 89.0 Å². The number of nitrogens with zero attached hydrogens (tertiary/aromatic N) is 4. The van der Waals surface area contributed by atoms with Crippen molar-refractivity contribution < 1.29 is 22.7 Å². The van der Waals surface area contributed by atoms with E-state index in [4.69, 9.17) is 9.72 Å². The Kier molecular flexibility index (Phi) is 8.39. The van der Waals surface area contributed by atoms with E-state index in [-0.39, 0.29) is 43.6 Å². The number of carbonyl (C=O) groups is 2. The van der Waals surface area contributed by atoms with Gasteiger partial charge in [0.15, 0.2) is 5.13 Å². The van der Waals surface area contributed by atoms with Crippen LogP contribution in [0.3, 0.4) is 0 Å². The van der Waals surface area contributed by atoms with Gasteiger partial charge in [-0.05, 0) is 67.8 Å². The van der Waals surface area contributed by atoms with E-state index in [2.05, 4.69) is 6.07 Å². The number of piperazine rings is 1. The van der Waals surface area contributed by atoms with E-state index in [1.807, 2.05) is 50.2 Å². The molecule has 0 bridgehead atoms. The number of aryl methyl sites for hydroxylation is 2. The van der Waals surface area contributed by atoms with Crippen molar-refractivity contribution in [2.45, 2.75) is 32.2 Å². The smallest absolute Gasteiger partial charge is 0.409 e. The molecule has 41 heavy (non-hydrogen) atoms. The Labute approximate surface area is 244 Å². The summed E-state index contributed by atoms with van der Waals surface area (Å²) in [6.45, 7) is 7.23. The van der Waals surface area contributed by atoms with Gasteiger partial charge in [-0.15, -0.1) is 0 Å². The second-order valence-electron chi connectivity index (χ2n) is 9.92. The highest BCUT2D eigenvalue weighted by molar-refractivity contribution is 7.89. The van der Waals surface area contributed by atoms with Crippen molar-refractivity contribution in [1.29, 1.82) is 0 Å². The van der Waals surface area contributed by atoms with Gasteiger partial charge in [0.2, 0.25) is 10.0 Å². The van der Waals surface area contributed by atoms with Crippen LogP contribution in [0.4, 0.5) is 9.93 Å². The number of aromatic nitrogens is 1. The molecular formula is C30H32N4O5S2. The zero-order valence-corrected chi connectivity index (χ0v) is 24.9. The maximum atomic E-state index is 13.9. The van der Waals surface area contributed by atoms with Crippen LogP contribution in [-0.4, -0.2) is 67.4 Å². The Morgan fingerprint density at radius 1 is 0.976 bits per heavy atom. The molecule has 0 atom stereocenters. The summed E-state index contributed by atoms with van der Waals surface area (Å²) in [4.78, 5) is 33.9. The highest BCUT2D eigenvalue weighted by Crippen LogP contribution is 2.34. The minimum Gasteiger partial charge on any atom is -0.450 e. The number of benzene rings is 3. The van der Waals surface area contributed by atoms with E-state index >= 15 is 0 Å². The summed E-state index contributed by atoms with van der Waals surface area (Å²) in [6, 6.07) is 19.8. The zero-order chi connectivity index (χ0) is 29.1. The predicted octanol–water partition coefficient (Wildman–Crippen LogP) is 5.22. The third kappa shape index (κ3) is 6.12. The van der Waals surface area contributed by atoms with Crippen LogP contribution in [0, 0.1) is 13.8 Å². The fourth-order valence-corrected chi connectivity index (χ4v) is 7.31. The Hall–Kier alpha value is -3.80. The maximum Gasteiger partial charge on any atom is 0.409 e. The van der Waals surface area contributed by atoms with Gasteiger partial charge in [0, 0.05) is 31.7 Å². The van der Waals surface area contributed by atoms with Crippen LogP contribution >= 0.6 is 11.3 Å². The summed E-state index contributed by atoms with van der Waals surface area (Å²) < 4.78 is 34.0. The molecule has 2 amide bonds. The molecule has 0 aliphatic carbocycles. The van der Waals surface area contributed by atoms with Crippen LogP contribution in [-0.2, 0) is 21.3 Å². The van der Waals surface area contributed by atoms with Gasteiger partial charge in [-0.1, -0.05) is 47.7 Å². The van der Waals surface area contributed by atoms with Crippen LogP contribution in [0.5, 0.6) is 0 Å². The fraction of sp³-hybridized carbons (Fsp3) is 0.300. The van der Waals surface area contributed by atoms with E-state index in [9.17, 15) is 18.0 Å². The van der Waals surface area contributed by atoms with E-state index in [1.54, 1.807) is 24.0 Å². The molecule has 11 heteroatoms. The first-order valence-electron chi connectivity index (χ1n) is 13.4. The third-order valence-corrected chi connectivity index (χ3v) is 10.1. The molecule has 1 fully saturated rings. The quantitative estimate of drug-likeness (QED) is 0.292. The molecule has 1 saturated heterocycles. The molecule has 3 aromatic carbocycles. The highest BCUT2D eigenvalue weighted by Gasteiger charge is 2.31. The number of ether oxygens (including phenoxy) is 1. The molecular weight excluding hydrogens is 560 g/mol. The number of thiazole rings is 1. The molecule has 1 aliphatic rings. The summed E-state index contributed by atoms with van der Waals surface area (Å²) >= 11 is 1.47. The summed E-state index contributed by atoms with van der Waals surface area (Å²) in [5, 5.41) is 0.582. The second-order valence-corrected chi connectivity index (χ2v) is 12.8. The Bertz CT molecular complexity index is 1660. The lowest BCUT2D eigenvalue weighted by molar-refractivity contribution is 0.0933. The summed E-state index contributed by atoms with van der Waals surface area (Å²) in [6.07, 6.45) is -0.439. The average molecular weight is 593 g/mol. The highest BCUT2D eigenvalue weighted by atomic mass is 32.2. The SMILES string of the molecule is CCOC(=O)N1CCN(S(=O)(=O)c2ccc(C(=O)N(Cc3ccccc3)c3nc4cc(C)cc(C)c4s3)cc2)CC1. The fourth-order valence-electron chi connectivity index (χ4n) is 4.87. The number of hydrogen-bond donors (Lipinski definition) is 0. The Morgan fingerprint density at radius 2 is 1.66 bits per heavy atom. The molecule has 1 aromatic heterocycles. The molecule has 1 aliphatic heterocycles. The first kappa shape index (κ1) is 28.7. The van der Waals surface area contributed by atoms with Crippen molar-refractivity contribution in [3.63, 3.8) is 0 Å². The van der Waals surface area contributed by atoms with Crippen LogP contribution in [0.2, 0.25) is 0 Å². The Balaban J connectivity index is 1.39. The van der Waals surface area contributed by atoms with Gasteiger partial charge >= 0.3 is 6.09 Å². The van der Waals surface area contributed by atoms with Crippen molar-refractivity contribution in [1.82, 2.24) is 14.2 Å². The molecule has 0 saturated carbocycles. The number of carbonyl (C=O) groups excluding carboxylic acids is 2. The lowest BCUT2D eigenvalue weighted by Crippen LogP contribution is -2.50. The third-order valence-electron chi connectivity index (χ3n) is 6.97. The van der Waals surface area contributed by atoms with Gasteiger partial charge < -0.3 is 9.64 Å². The first-order chi connectivity index (χ1) is 19.7. The van der Waals surface area contributed by atoms with E-state index in [0.717, 1.165) is 26.9 Å². The van der Waals surface area contributed by atoms with Gasteiger partial charge in [-0.3, -0.25) is 9.69 Å². The number of amides is 2. The summed E-state index contributed by atoms with van der Waals surface area (Å²) in [7, 11) is -3.79. The van der Waals surface area contributed by atoms with Crippen LogP contribution < -0.4 is 4.90 Å². The van der Waals surface area contributed by atoms with E-state index in [0.29, 0.717) is 17.2 Å². The van der Waals surface area contributed by atoms with Crippen molar-refractivity contribution >= 4 is 48.7 Å². The molecule has 2 heterocycles. The van der Waals surface area contributed by atoms with Gasteiger partial charge in [0.05, 0.1) is 28.3 Å². The molecule has 5 rings (SSSR count). The van der Waals surface area contributed by atoms with Crippen LogP contribution in [0.1, 0.15) is 34.0 Å². The summed E-state index contributed by atoms with van der Waals surface area (Å²) in [5.74, 6) is -0.269. The largest absolute Gasteiger partial charge is 0.450 e. The van der Waals surface area contributed by atoms with Gasteiger partial charge in [0.1, 0.15) is 0 Å². The minimum absolute atomic E-state index is 0.0966. The Morgan fingerprint density at radius 3 is 2.32 bits per heavy atom. The predicted molar refractivity (Wildman–Crippen MR) is 160 cm³/mol. The van der Waals surface area contributed by atoms with Gasteiger partial charge in [0.25, 0.3) is 5.91 Å². The molecule has 214 valence electrons. The van der Waals surface area contributed by atoms with Crippen molar-refractivity contribution in [2.24, 2.45) is 0 Å². The van der Waals surface area contributed by atoms with Gasteiger partial charge in [-0.2, -0.15) is 4.31 Å². The maximum absolute atomic E-state index is 13.9. The second kappa shape index (κ2) is 12.0. The molecule has 0 spiro atoms.